The Morgan fingerprint density at radius 1 is 1.20 bits per heavy atom. The minimum atomic E-state index is -4.70. The van der Waals surface area contributed by atoms with Crippen LogP contribution in [0.1, 0.15) is 37.4 Å². The van der Waals surface area contributed by atoms with E-state index < -0.39 is 12.5 Å². The van der Waals surface area contributed by atoms with Crippen LogP contribution in [0.25, 0.3) is 0 Å². The summed E-state index contributed by atoms with van der Waals surface area (Å²) in [5.41, 5.74) is 0.518. The average Bonchev–Trinajstić information content (AvgIpc) is 2.98. The number of ether oxygens (including phenoxy) is 1. The molecule has 1 aromatic carbocycles. The second-order valence-corrected chi connectivity index (χ2v) is 5.90. The Bertz CT molecular complexity index is 486. The third kappa shape index (κ3) is 2.77. The third-order valence-electron chi connectivity index (χ3n) is 4.63. The van der Waals surface area contributed by atoms with Crippen molar-refractivity contribution in [3.8, 4) is 5.75 Å². The average molecular weight is 286 g/mol. The monoisotopic (exact) mass is 286 g/mol. The highest BCUT2D eigenvalue weighted by atomic mass is 19.4. The van der Waals surface area contributed by atoms with E-state index in [4.69, 9.17) is 0 Å². The summed E-state index contributed by atoms with van der Waals surface area (Å²) in [6.07, 6.45) is -0.898. The number of hydrogen-bond acceptors (Lipinski definition) is 2. The Morgan fingerprint density at radius 3 is 2.60 bits per heavy atom. The first-order chi connectivity index (χ1) is 9.42. The number of aliphatic hydroxyl groups is 1. The molecular formula is C15H17F3O2. The number of rotatable bonds is 3. The third-order valence-corrected chi connectivity index (χ3v) is 4.63. The van der Waals surface area contributed by atoms with Crippen LogP contribution in [0.4, 0.5) is 13.2 Å². The predicted octanol–water partition coefficient (Wildman–Crippen LogP) is 4.05. The topological polar surface area (TPSA) is 29.5 Å². The van der Waals surface area contributed by atoms with Gasteiger partial charge in [-0.1, -0.05) is 18.6 Å². The zero-order valence-electron chi connectivity index (χ0n) is 10.9. The smallest absolute Gasteiger partial charge is 0.406 e. The normalized spacial score (nSPS) is 30.5. The number of benzene rings is 1. The molecule has 0 heterocycles. The van der Waals surface area contributed by atoms with Crippen molar-refractivity contribution in [2.75, 3.05) is 0 Å². The molecule has 2 fully saturated rings. The number of aliphatic hydroxyl groups excluding tert-OH is 1. The van der Waals surface area contributed by atoms with Gasteiger partial charge in [-0.2, -0.15) is 0 Å². The molecule has 2 bridgehead atoms. The molecule has 5 heteroatoms. The maximum Gasteiger partial charge on any atom is 0.573 e. The van der Waals surface area contributed by atoms with Gasteiger partial charge in [-0.05, 0) is 54.7 Å². The molecule has 1 aromatic rings. The minimum Gasteiger partial charge on any atom is -0.406 e. The van der Waals surface area contributed by atoms with E-state index in [2.05, 4.69) is 4.74 Å². The summed E-state index contributed by atoms with van der Waals surface area (Å²) in [4.78, 5) is 0. The van der Waals surface area contributed by atoms with Crippen LogP contribution in [-0.4, -0.2) is 11.5 Å². The number of halogens is 3. The van der Waals surface area contributed by atoms with Gasteiger partial charge in [0.25, 0.3) is 0 Å². The van der Waals surface area contributed by atoms with Gasteiger partial charge in [0.1, 0.15) is 5.75 Å². The van der Waals surface area contributed by atoms with Crippen LogP contribution in [0.15, 0.2) is 24.3 Å². The molecule has 0 radical (unpaired) electrons. The molecule has 3 rings (SSSR count). The zero-order valence-corrected chi connectivity index (χ0v) is 10.9. The molecule has 0 spiro atoms. The van der Waals surface area contributed by atoms with Crippen LogP contribution in [0.5, 0.6) is 5.75 Å². The lowest BCUT2D eigenvalue weighted by Crippen LogP contribution is -2.20. The van der Waals surface area contributed by atoms with Crippen LogP contribution >= 0.6 is 0 Å². The largest absolute Gasteiger partial charge is 0.573 e. The number of alkyl halides is 3. The van der Waals surface area contributed by atoms with Gasteiger partial charge in [-0.3, -0.25) is 0 Å². The minimum absolute atomic E-state index is 0.176. The van der Waals surface area contributed by atoms with Gasteiger partial charge in [0.2, 0.25) is 0 Å². The molecule has 0 aromatic heterocycles. The van der Waals surface area contributed by atoms with Gasteiger partial charge in [0.05, 0.1) is 6.10 Å². The van der Waals surface area contributed by atoms with Gasteiger partial charge in [-0.15, -0.1) is 13.2 Å². The highest BCUT2D eigenvalue weighted by Gasteiger charge is 2.43. The number of fused-ring (bicyclic) bond motifs is 2. The van der Waals surface area contributed by atoms with Gasteiger partial charge in [0.15, 0.2) is 0 Å². The van der Waals surface area contributed by atoms with Gasteiger partial charge in [-0.25, -0.2) is 0 Å². The molecule has 2 aliphatic rings. The summed E-state index contributed by atoms with van der Waals surface area (Å²) in [6.45, 7) is 0. The summed E-state index contributed by atoms with van der Waals surface area (Å²) in [5.74, 6) is 1.11. The quantitative estimate of drug-likeness (QED) is 0.908. The van der Waals surface area contributed by atoms with Crippen molar-refractivity contribution in [3.05, 3.63) is 29.8 Å². The van der Waals surface area contributed by atoms with E-state index in [9.17, 15) is 18.3 Å². The van der Waals surface area contributed by atoms with E-state index in [0.29, 0.717) is 17.4 Å². The maximum absolute atomic E-state index is 12.2. The Kier molecular flexibility index (Phi) is 3.40. The standard InChI is InChI=1S/C15H17F3O2/c16-15(17,18)20-12-3-1-2-11(8-12)14(19)13-7-9-4-5-10(13)6-9/h1-3,8-10,13-14,19H,4-7H2. The van der Waals surface area contributed by atoms with E-state index in [1.165, 1.54) is 24.6 Å². The van der Waals surface area contributed by atoms with Gasteiger partial charge < -0.3 is 9.84 Å². The zero-order chi connectivity index (χ0) is 14.3. The Labute approximate surface area is 115 Å². The lowest BCUT2D eigenvalue weighted by molar-refractivity contribution is -0.274. The van der Waals surface area contributed by atoms with E-state index in [1.807, 2.05) is 0 Å². The Hall–Kier alpha value is -1.23. The second kappa shape index (κ2) is 4.95. The van der Waals surface area contributed by atoms with E-state index in [0.717, 1.165) is 19.3 Å². The summed E-state index contributed by atoms with van der Waals surface area (Å²) in [5, 5.41) is 10.4. The lowest BCUT2D eigenvalue weighted by Gasteiger charge is -2.27. The predicted molar refractivity (Wildman–Crippen MR) is 67.0 cm³/mol. The van der Waals surface area contributed by atoms with Crippen molar-refractivity contribution in [3.63, 3.8) is 0 Å². The second-order valence-electron chi connectivity index (χ2n) is 5.90. The molecule has 4 unspecified atom stereocenters. The van der Waals surface area contributed by atoms with Crippen molar-refractivity contribution < 1.29 is 23.0 Å². The van der Waals surface area contributed by atoms with Crippen LogP contribution < -0.4 is 4.74 Å². The molecule has 0 saturated heterocycles. The fraction of sp³-hybridized carbons (Fsp3) is 0.600. The lowest BCUT2D eigenvalue weighted by atomic mass is 9.82. The van der Waals surface area contributed by atoms with Crippen LogP contribution in [0.3, 0.4) is 0 Å². The highest BCUT2D eigenvalue weighted by molar-refractivity contribution is 5.30. The summed E-state index contributed by atoms with van der Waals surface area (Å²) in [7, 11) is 0. The summed E-state index contributed by atoms with van der Waals surface area (Å²) in [6, 6.07) is 5.71. The van der Waals surface area contributed by atoms with Crippen LogP contribution in [-0.2, 0) is 0 Å². The van der Waals surface area contributed by atoms with Crippen molar-refractivity contribution in [2.24, 2.45) is 17.8 Å². The molecule has 110 valence electrons. The molecule has 2 aliphatic carbocycles. The highest BCUT2D eigenvalue weighted by Crippen LogP contribution is 2.52. The summed E-state index contributed by atoms with van der Waals surface area (Å²) < 4.78 is 40.5. The first-order valence-corrected chi connectivity index (χ1v) is 6.96. The maximum atomic E-state index is 12.2. The van der Waals surface area contributed by atoms with Crippen molar-refractivity contribution in [1.29, 1.82) is 0 Å². The molecule has 2 nitrogen and oxygen atoms in total. The van der Waals surface area contributed by atoms with Crippen LogP contribution in [0.2, 0.25) is 0 Å². The molecule has 2 saturated carbocycles. The van der Waals surface area contributed by atoms with E-state index in [1.54, 1.807) is 6.07 Å². The Balaban J connectivity index is 1.75. The van der Waals surface area contributed by atoms with Crippen LogP contribution in [0, 0.1) is 17.8 Å². The molecule has 0 amide bonds. The molecule has 1 N–H and O–H groups in total. The van der Waals surface area contributed by atoms with E-state index in [-0.39, 0.29) is 11.7 Å². The van der Waals surface area contributed by atoms with Gasteiger partial charge in [0, 0.05) is 0 Å². The fourth-order valence-corrected chi connectivity index (χ4v) is 3.82. The van der Waals surface area contributed by atoms with E-state index >= 15 is 0 Å². The molecule has 0 aliphatic heterocycles. The molecule has 20 heavy (non-hydrogen) atoms. The molecular weight excluding hydrogens is 269 g/mol. The van der Waals surface area contributed by atoms with Crippen molar-refractivity contribution >= 4 is 0 Å². The first-order valence-electron chi connectivity index (χ1n) is 6.96. The summed E-state index contributed by atoms with van der Waals surface area (Å²) >= 11 is 0. The fourth-order valence-electron chi connectivity index (χ4n) is 3.82. The first kappa shape index (κ1) is 13.7. The van der Waals surface area contributed by atoms with Crippen molar-refractivity contribution in [2.45, 2.75) is 38.1 Å². The van der Waals surface area contributed by atoms with Crippen molar-refractivity contribution in [1.82, 2.24) is 0 Å². The number of hydrogen-bond donors (Lipinski definition) is 1. The SMILES string of the molecule is OC(c1cccc(OC(F)(F)F)c1)C1CC2CCC1C2. The molecule has 4 atom stereocenters. The van der Waals surface area contributed by atoms with Gasteiger partial charge >= 0.3 is 6.36 Å². The Morgan fingerprint density at radius 2 is 2.00 bits per heavy atom.